The number of ether oxygens (including phenoxy) is 1. The fraction of sp³-hybridized carbons (Fsp3) is 0.440. The molecule has 0 radical (unpaired) electrons. The summed E-state index contributed by atoms with van der Waals surface area (Å²) in [5, 5.41) is 2.59. The Morgan fingerprint density at radius 3 is 2.41 bits per heavy atom. The highest BCUT2D eigenvalue weighted by molar-refractivity contribution is 7.92. The lowest BCUT2D eigenvalue weighted by Gasteiger charge is -2.29. The molecule has 34 heavy (non-hydrogen) atoms. The average Bonchev–Trinajstić information content (AvgIpc) is 2.80. The molecule has 0 fully saturated rings. The number of hydrogen-bond acceptors (Lipinski definition) is 5. The standard InChI is InChI=1S/C25H35N3O5S/c1-18-10-7-13-23(19(18)2)28(34(6,31)32)15-9-14-24(29)27(20(3)25(30)26-4)17-21-11-8-12-22(16-21)33-5/h7-8,10-13,16,20H,9,14-15,17H2,1-6H3,(H,26,30)/t20-/m1/s1. The van der Waals surface area contributed by atoms with Crippen LogP contribution < -0.4 is 14.4 Å². The second kappa shape index (κ2) is 11.9. The van der Waals surface area contributed by atoms with Gasteiger partial charge in [-0.05, 0) is 62.1 Å². The van der Waals surface area contributed by atoms with E-state index in [1.165, 1.54) is 22.5 Å². The van der Waals surface area contributed by atoms with Crippen molar-refractivity contribution in [1.29, 1.82) is 0 Å². The van der Waals surface area contributed by atoms with Crippen molar-refractivity contribution in [2.45, 2.75) is 46.2 Å². The zero-order valence-corrected chi connectivity index (χ0v) is 21.6. The van der Waals surface area contributed by atoms with Gasteiger partial charge in [-0.25, -0.2) is 8.42 Å². The van der Waals surface area contributed by atoms with Gasteiger partial charge in [0.2, 0.25) is 21.8 Å². The molecule has 2 amide bonds. The number of benzene rings is 2. The Balaban J connectivity index is 2.19. The number of sulfonamides is 1. The van der Waals surface area contributed by atoms with Crippen LogP contribution in [0.4, 0.5) is 5.69 Å². The van der Waals surface area contributed by atoms with Gasteiger partial charge in [-0.1, -0.05) is 24.3 Å². The maximum absolute atomic E-state index is 13.2. The first-order valence-corrected chi connectivity index (χ1v) is 13.0. The molecule has 1 atom stereocenters. The highest BCUT2D eigenvalue weighted by atomic mass is 32.2. The Morgan fingerprint density at radius 2 is 1.79 bits per heavy atom. The number of rotatable bonds is 11. The molecule has 9 heteroatoms. The molecule has 0 heterocycles. The van der Waals surface area contributed by atoms with Crippen molar-refractivity contribution in [3.63, 3.8) is 0 Å². The van der Waals surface area contributed by atoms with E-state index in [1.54, 1.807) is 20.1 Å². The van der Waals surface area contributed by atoms with Gasteiger partial charge in [-0.3, -0.25) is 13.9 Å². The van der Waals surface area contributed by atoms with E-state index in [0.717, 1.165) is 16.7 Å². The number of nitrogens with one attached hydrogen (secondary N) is 1. The van der Waals surface area contributed by atoms with Crippen LogP contribution in [-0.2, 0) is 26.2 Å². The third-order valence-electron chi connectivity index (χ3n) is 5.90. The van der Waals surface area contributed by atoms with Crippen molar-refractivity contribution in [2.75, 3.05) is 31.3 Å². The summed E-state index contributed by atoms with van der Waals surface area (Å²) in [6, 6.07) is 12.2. The molecule has 2 aromatic rings. The van der Waals surface area contributed by atoms with E-state index >= 15 is 0 Å². The molecule has 2 aromatic carbocycles. The fourth-order valence-corrected chi connectivity index (χ4v) is 4.76. The van der Waals surface area contributed by atoms with E-state index in [-0.39, 0.29) is 31.3 Å². The van der Waals surface area contributed by atoms with Crippen molar-refractivity contribution >= 4 is 27.5 Å². The Bertz CT molecular complexity index is 1120. The second-order valence-electron chi connectivity index (χ2n) is 8.32. The summed E-state index contributed by atoms with van der Waals surface area (Å²) < 4.78 is 31.6. The molecule has 0 bridgehead atoms. The van der Waals surface area contributed by atoms with Crippen molar-refractivity contribution < 1.29 is 22.7 Å². The minimum atomic E-state index is -3.53. The summed E-state index contributed by atoms with van der Waals surface area (Å²) in [5.41, 5.74) is 3.32. The SMILES string of the molecule is CNC(=O)[C@@H](C)N(Cc1cccc(OC)c1)C(=O)CCCN(c1cccc(C)c1C)S(C)(=O)=O. The lowest BCUT2D eigenvalue weighted by molar-refractivity contribution is -0.140. The largest absolute Gasteiger partial charge is 0.497 e. The van der Waals surface area contributed by atoms with Crippen LogP contribution in [0.15, 0.2) is 42.5 Å². The topological polar surface area (TPSA) is 96.0 Å². The molecular weight excluding hydrogens is 454 g/mol. The van der Waals surface area contributed by atoms with Crippen LogP contribution in [0.1, 0.15) is 36.5 Å². The number of carbonyl (C=O) groups is 2. The Labute approximate surface area is 202 Å². The lowest BCUT2D eigenvalue weighted by atomic mass is 10.1. The smallest absolute Gasteiger partial charge is 0.242 e. The number of amides is 2. The molecule has 0 saturated heterocycles. The van der Waals surface area contributed by atoms with E-state index in [2.05, 4.69) is 5.32 Å². The normalized spacial score (nSPS) is 12.1. The number of carbonyl (C=O) groups excluding carboxylic acids is 2. The van der Waals surface area contributed by atoms with Gasteiger partial charge in [0.1, 0.15) is 11.8 Å². The first-order chi connectivity index (χ1) is 16.0. The molecule has 0 spiro atoms. The first-order valence-electron chi connectivity index (χ1n) is 11.2. The number of hydrogen-bond donors (Lipinski definition) is 1. The first kappa shape index (κ1) is 27.2. The van der Waals surface area contributed by atoms with Crippen molar-refractivity contribution in [3.05, 3.63) is 59.2 Å². The average molecular weight is 490 g/mol. The second-order valence-corrected chi connectivity index (χ2v) is 10.2. The van der Waals surface area contributed by atoms with E-state index in [9.17, 15) is 18.0 Å². The molecule has 0 aromatic heterocycles. The third-order valence-corrected chi connectivity index (χ3v) is 7.08. The Morgan fingerprint density at radius 1 is 1.12 bits per heavy atom. The quantitative estimate of drug-likeness (QED) is 0.523. The van der Waals surface area contributed by atoms with Crippen LogP contribution in [0.5, 0.6) is 5.75 Å². The van der Waals surface area contributed by atoms with Crippen molar-refractivity contribution in [1.82, 2.24) is 10.2 Å². The molecule has 0 aliphatic rings. The van der Waals surface area contributed by atoms with Gasteiger partial charge in [0.05, 0.1) is 19.1 Å². The van der Waals surface area contributed by atoms with Crippen LogP contribution in [0, 0.1) is 13.8 Å². The maximum Gasteiger partial charge on any atom is 0.242 e. The minimum absolute atomic E-state index is 0.0994. The van der Waals surface area contributed by atoms with Gasteiger partial charge in [-0.2, -0.15) is 0 Å². The van der Waals surface area contributed by atoms with Crippen LogP contribution >= 0.6 is 0 Å². The van der Waals surface area contributed by atoms with E-state index in [1.807, 2.05) is 50.2 Å². The molecular formula is C25H35N3O5S. The highest BCUT2D eigenvalue weighted by Crippen LogP contribution is 2.25. The molecule has 8 nitrogen and oxygen atoms in total. The predicted molar refractivity (Wildman–Crippen MR) is 134 cm³/mol. The van der Waals surface area contributed by atoms with Gasteiger partial charge in [0, 0.05) is 26.6 Å². The van der Waals surface area contributed by atoms with Gasteiger partial charge in [0.15, 0.2) is 0 Å². The molecule has 0 aliphatic carbocycles. The lowest BCUT2D eigenvalue weighted by Crippen LogP contribution is -2.46. The predicted octanol–water partition coefficient (Wildman–Crippen LogP) is 3.02. The van der Waals surface area contributed by atoms with Gasteiger partial charge in [0.25, 0.3) is 0 Å². The zero-order valence-electron chi connectivity index (χ0n) is 20.8. The Kier molecular flexibility index (Phi) is 9.49. The van der Waals surface area contributed by atoms with Gasteiger partial charge < -0.3 is 15.0 Å². The summed E-state index contributed by atoms with van der Waals surface area (Å²) >= 11 is 0. The number of nitrogens with zero attached hydrogens (tertiary/aromatic N) is 2. The monoisotopic (exact) mass is 489 g/mol. The summed E-state index contributed by atoms with van der Waals surface area (Å²) in [6.07, 6.45) is 1.58. The molecule has 186 valence electrons. The van der Waals surface area contributed by atoms with Crippen LogP contribution in [0.25, 0.3) is 0 Å². The molecule has 2 rings (SSSR count). The zero-order chi connectivity index (χ0) is 25.5. The summed E-state index contributed by atoms with van der Waals surface area (Å²) in [6.45, 7) is 5.89. The summed E-state index contributed by atoms with van der Waals surface area (Å²) in [4.78, 5) is 27.0. The van der Waals surface area contributed by atoms with Crippen LogP contribution in [-0.4, -0.2) is 58.1 Å². The van der Waals surface area contributed by atoms with Crippen LogP contribution in [0.3, 0.4) is 0 Å². The van der Waals surface area contributed by atoms with Crippen LogP contribution in [0.2, 0.25) is 0 Å². The number of anilines is 1. The van der Waals surface area contributed by atoms with Gasteiger partial charge in [-0.15, -0.1) is 0 Å². The molecule has 0 saturated carbocycles. The maximum atomic E-state index is 13.2. The van der Waals surface area contributed by atoms with Crippen molar-refractivity contribution in [3.8, 4) is 5.75 Å². The van der Waals surface area contributed by atoms with E-state index in [4.69, 9.17) is 4.74 Å². The Hall–Kier alpha value is -3.07. The fourth-order valence-electron chi connectivity index (χ4n) is 3.75. The summed E-state index contributed by atoms with van der Waals surface area (Å²) in [5.74, 6) is 0.160. The number of aryl methyl sites for hydroxylation is 1. The number of methoxy groups -OCH3 is 1. The van der Waals surface area contributed by atoms with Gasteiger partial charge >= 0.3 is 0 Å². The molecule has 1 N–H and O–H groups in total. The van der Waals surface area contributed by atoms with Crippen molar-refractivity contribution in [2.24, 2.45) is 0 Å². The summed E-state index contributed by atoms with van der Waals surface area (Å²) in [7, 11) is -0.438. The molecule has 0 unspecified atom stereocenters. The number of likely N-dealkylation sites (N-methyl/N-ethyl adjacent to an activating group) is 1. The molecule has 0 aliphatic heterocycles. The minimum Gasteiger partial charge on any atom is -0.497 e. The highest BCUT2D eigenvalue weighted by Gasteiger charge is 2.26. The van der Waals surface area contributed by atoms with E-state index < -0.39 is 16.1 Å². The third kappa shape index (κ3) is 6.96. The van der Waals surface area contributed by atoms with E-state index in [0.29, 0.717) is 17.9 Å².